The van der Waals surface area contributed by atoms with Crippen LogP contribution >= 0.6 is 0 Å². The van der Waals surface area contributed by atoms with Gasteiger partial charge in [-0.15, -0.1) is 105 Å². The fourth-order valence-corrected chi connectivity index (χ4v) is 0. The lowest BCUT2D eigenvalue weighted by atomic mass is 10.8. The summed E-state index contributed by atoms with van der Waals surface area (Å²) in [5.41, 5.74) is 0. The lowest BCUT2D eigenvalue weighted by Crippen LogP contribution is -1.85. The van der Waals surface area contributed by atoms with E-state index in [-0.39, 0.29) is 13.2 Å². The van der Waals surface area contributed by atoms with Crippen LogP contribution in [0.2, 0.25) is 0 Å². The smallest absolute Gasteiger partial charge is 0.0662 e. The summed E-state index contributed by atoms with van der Waals surface area (Å²) in [5, 5.41) is 15.2. The Balaban J connectivity index is -0.0000000104. The Morgan fingerprint density at radius 2 is 0.478 bits per heavy atom. The third-order valence-electron chi connectivity index (χ3n) is 0.1000. The predicted octanol–water partition coefficient (Wildman–Crippen LogP) is 5.65. The van der Waals surface area contributed by atoms with Crippen molar-refractivity contribution in [3.05, 3.63) is 105 Å². The van der Waals surface area contributed by atoms with Crippen LogP contribution in [0.25, 0.3) is 0 Å². The zero-order valence-electron chi connectivity index (χ0n) is 16.0. The number of hydrogen-bond acceptors (Lipinski definition) is 3. The van der Waals surface area contributed by atoms with Crippen molar-refractivity contribution in [3.63, 3.8) is 0 Å². The minimum atomic E-state index is -0.125. The number of ether oxygens (including phenoxy) is 1. The molecule has 0 aliphatic carbocycles. The Labute approximate surface area is 148 Å². The van der Waals surface area contributed by atoms with E-state index in [0.717, 1.165) is 0 Å². The lowest BCUT2D eigenvalue weighted by molar-refractivity contribution is 0.186. The van der Waals surface area contributed by atoms with Gasteiger partial charge >= 0.3 is 0 Å². The monoisotopic (exact) mass is 332 g/mol. The van der Waals surface area contributed by atoms with Gasteiger partial charge in [-0.25, -0.2) is 0 Å². The van der Waals surface area contributed by atoms with Crippen LogP contribution in [-0.4, -0.2) is 37.6 Å². The molecule has 0 saturated heterocycles. The molecular weight excluding hydrogens is 288 g/mol. The molecule has 23 heavy (non-hydrogen) atoms. The molecule has 0 aromatic rings. The molecule has 0 aromatic heterocycles. The van der Waals surface area contributed by atoms with Crippen LogP contribution in [0.5, 0.6) is 0 Å². The summed E-state index contributed by atoms with van der Waals surface area (Å²) in [5.74, 6) is 0. The van der Waals surface area contributed by atoms with Crippen molar-refractivity contribution in [2.24, 2.45) is 0 Å². The van der Waals surface area contributed by atoms with Gasteiger partial charge in [-0.3, -0.25) is 0 Å². The molecule has 0 radical (unpaired) electrons. The van der Waals surface area contributed by atoms with E-state index in [9.17, 15) is 0 Å². The average molecular weight is 333 g/mol. The fraction of sp³-hybridized carbons (Fsp3) is 0.200. The Morgan fingerprint density at radius 1 is 0.435 bits per heavy atom. The van der Waals surface area contributed by atoms with Gasteiger partial charge in [-0.05, 0) is 0 Å². The molecule has 0 spiro atoms. The highest BCUT2D eigenvalue weighted by Gasteiger charge is 1.58. The maximum Gasteiger partial charge on any atom is 0.0662 e. The van der Waals surface area contributed by atoms with Crippen molar-refractivity contribution >= 4 is 0 Å². The van der Waals surface area contributed by atoms with E-state index in [1.807, 2.05) is 0 Å². The standard InChI is InChI=1S/C2H6O2.C2H6O.8C2H4/c3-1-2-4;1-3-2;8*1-2/h3-4H,1-2H2;1-2H3;8*1-2H2. The van der Waals surface area contributed by atoms with Gasteiger partial charge in [0.05, 0.1) is 13.2 Å². The predicted molar refractivity (Wildman–Crippen MR) is 117 cm³/mol. The van der Waals surface area contributed by atoms with E-state index >= 15 is 0 Å². The molecule has 3 heteroatoms. The Hall–Kier alpha value is -2.20. The Kier molecular flexibility index (Phi) is 33200. The molecular formula is C20H44O3. The van der Waals surface area contributed by atoms with Crippen molar-refractivity contribution in [1.29, 1.82) is 0 Å². The van der Waals surface area contributed by atoms with Crippen molar-refractivity contribution in [2.75, 3.05) is 27.4 Å². The summed E-state index contributed by atoms with van der Waals surface area (Å²) in [6, 6.07) is 0. The van der Waals surface area contributed by atoms with E-state index in [4.69, 9.17) is 10.2 Å². The maximum atomic E-state index is 7.62. The van der Waals surface area contributed by atoms with Crippen LogP contribution in [0.3, 0.4) is 0 Å². The topological polar surface area (TPSA) is 49.7 Å². The van der Waals surface area contributed by atoms with E-state index in [1.165, 1.54) is 0 Å². The second-order valence-electron chi connectivity index (χ2n) is 0.855. The molecule has 2 N–H and O–H groups in total. The van der Waals surface area contributed by atoms with Crippen LogP contribution in [0.1, 0.15) is 0 Å². The van der Waals surface area contributed by atoms with E-state index in [0.29, 0.717) is 0 Å². The second-order valence-corrected chi connectivity index (χ2v) is 0.855. The highest BCUT2D eigenvalue weighted by molar-refractivity contribution is 4.23. The molecule has 0 aliphatic rings. The molecule has 0 rings (SSSR count). The Morgan fingerprint density at radius 3 is 0.478 bits per heavy atom. The summed E-state index contributed by atoms with van der Waals surface area (Å²) in [7, 11) is 3.25. The van der Waals surface area contributed by atoms with Gasteiger partial charge in [0.1, 0.15) is 0 Å². The summed E-state index contributed by atoms with van der Waals surface area (Å²) in [4.78, 5) is 0. The van der Waals surface area contributed by atoms with Crippen LogP contribution < -0.4 is 0 Å². The molecule has 0 amide bonds. The first-order valence-electron chi connectivity index (χ1n) is 5.95. The molecule has 0 bridgehead atoms. The van der Waals surface area contributed by atoms with E-state index < -0.39 is 0 Å². The van der Waals surface area contributed by atoms with Crippen molar-refractivity contribution in [1.82, 2.24) is 0 Å². The fourth-order valence-electron chi connectivity index (χ4n) is 0. The van der Waals surface area contributed by atoms with Crippen LogP contribution in [0.4, 0.5) is 0 Å². The van der Waals surface area contributed by atoms with E-state index in [1.54, 1.807) is 14.2 Å². The van der Waals surface area contributed by atoms with Gasteiger partial charge in [0, 0.05) is 14.2 Å². The number of methoxy groups -OCH3 is 1. The quantitative estimate of drug-likeness (QED) is 0.610. The van der Waals surface area contributed by atoms with Crippen LogP contribution in [-0.2, 0) is 4.74 Å². The summed E-state index contributed by atoms with van der Waals surface area (Å²) in [6.07, 6.45) is 0. The van der Waals surface area contributed by atoms with Crippen molar-refractivity contribution in [2.45, 2.75) is 0 Å². The zero-order valence-corrected chi connectivity index (χ0v) is 16.0. The highest BCUT2D eigenvalue weighted by atomic mass is 16.4. The second kappa shape index (κ2) is 10900. The number of hydrogen-bond donors (Lipinski definition) is 2. The zero-order chi connectivity index (χ0) is 22.1. The molecule has 0 unspecified atom stereocenters. The van der Waals surface area contributed by atoms with Gasteiger partial charge in [-0.2, -0.15) is 0 Å². The maximum absolute atomic E-state index is 7.62. The summed E-state index contributed by atoms with van der Waals surface area (Å²) in [6.45, 7) is 47.8. The number of rotatable bonds is 1. The minimum absolute atomic E-state index is 0.125. The van der Waals surface area contributed by atoms with Crippen molar-refractivity contribution < 1.29 is 14.9 Å². The first kappa shape index (κ1) is 69.9. The molecule has 142 valence electrons. The highest BCUT2D eigenvalue weighted by Crippen LogP contribution is 1.39. The van der Waals surface area contributed by atoms with Gasteiger partial charge in [-0.1, -0.05) is 0 Å². The first-order chi connectivity index (χ1) is 11.3. The van der Waals surface area contributed by atoms with E-state index in [2.05, 4.69) is 110 Å². The minimum Gasteiger partial charge on any atom is -0.394 e. The number of aliphatic hydroxyl groups excluding tert-OH is 2. The first-order valence-corrected chi connectivity index (χ1v) is 5.95. The molecule has 3 nitrogen and oxygen atoms in total. The molecule has 0 saturated carbocycles. The van der Waals surface area contributed by atoms with Gasteiger partial charge < -0.3 is 14.9 Å². The third-order valence-corrected chi connectivity index (χ3v) is 0.1000. The normalized spacial score (nSPS) is 3.48. The SMILES string of the molecule is C=C.C=C.C=C.C=C.C=C.C=C.C=C.C=C.COC.OCCO. The average Bonchev–Trinajstić information content (AvgIpc) is 2.74. The summed E-state index contributed by atoms with van der Waals surface area (Å²) < 4.78 is 4.25. The Bertz CT molecular complexity index is 63.0. The van der Waals surface area contributed by atoms with Crippen LogP contribution in [0.15, 0.2) is 105 Å². The summed E-state index contributed by atoms with van der Waals surface area (Å²) >= 11 is 0. The lowest BCUT2D eigenvalue weighted by Gasteiger charge is -1.70. The van der Waals surface area contributed by atoms with Gasteiger partial charge in [0.15, 0.2) is 0 Å². The molecule has 0 aromatic carbocycles. The third kappa shape index (κ3) is 4360. The largest absolute Gasteiger partial charge is 0.394 e. The molecule has 0 aliphatic heterocycles. The number of aliphatic hydroxyl groups is 2. The molecule has 0 heterocycles. The van der Waals surface area contributed by atoms with Crippen molar-refractivity contribution in [3.8, 4) is 0 Å². The molecule has 0 fully saturated rings. The van der Waals surface area contributed by atoms with Gasteiger partial charge in [0.25, 0.3) is 0 Å². The van der Waals surface area contributed by atoms with Crippen LogP contribution in [0, 0.1) is 0 Å². The molecule has 0 atom stereocenters. The van der Waals surface area contributed by atoms with Gasteiger partial charge in [0.2, 0.25) is 0 Å².